The molecule has 0 saturated heterocycles. The maximum Gasteiger partial charge on any atom is 0.133 e. The molecule has 0 spiro atoms. The van der Waals surface area contributed by atoms with E-state index >= 15 is 0 Å². The van der Waals surface area contributed by atoms with E-state index in [2.05, 4.69) is 5.43 Å². The van der Waals surface area contributed by atoms with Crippen molar-refractivity contribution in [2.45, 2.75) is 19.4 Å². The number of hydrogen-bond acceptors (Lipinski definition) is 2. The first-order valence-corrected chi connectivity index (χ1v) is 6.28. The second-order valence-electron chi connectivity index (χ2n) is 4.78. The van der Waals surface area contributed by atoms with E-state index in [1.165, 1.54) is 12.1 Å². The molecule has 21 heavy (non-hydrogen) atoms. The summed E-state index contributed by atoms with van der Waals surface area (Å²) < 4.78 is 53.8. The van der Waals surface area contributed by atoms with Gasteiger partial charge in [-0.05, 0) is 36.6 Å². The molecule has 0 fully saturated rings. The van der Waals surface area contributed by atoms with Crippen molar-refractivity contribution >= 4 is 0 Å². The van der Waals surface area contributed by atoms with Crippen LogP contribution in [0, 0.1) is 30.2 Å². The number of aryl methyl sites for hydroxylation is 1. The molecule has 6 heteroatoms. The Balaban J connectivity index is 2.39. The second kappa shape index (κ2) is 6.24. The topological polar surface area (TPSA) is 38.0 Å². The van der Waals surface area contributed by atoms with Crippen molar-refractivity contribution in [2.75, 3.05) is 0 Å². The first-order valence-electron chi connectivity index (χ1n) is 6.28. The SMILES string of the molecule is Cc1ccc(F)cc1CC(NN)c1c(F)cc(F)cc1F. The highest BCUT2D eigenvalue weighted by molar-refractivity contribution is 5.31. The van der Waals surface area contributed by atoms with Gasteiger partial charge in [-0.25, -0.2) is 17.6 Å². The van der Waals surface area contributed by atoms with Gasteiger partial charge in [0.1, 0.15) is 23.3 Å². The van der Waals surface area contributed by atoms with Gasteiger partial charge in [0, 0.05) is 17.7 Å². The van der Waals surface area contributed by atoms with Crippen LogP contribution in [0.5, 0.6) is 0 Å². The molecule has 0 aromatic heterocycles. The van der Waals surface area contributed by atoms with Gasteiger partial charge in [-0.3, -0.25) is 11.3 Å². The second-order valence-corrected chi connectivity index (χ2v) is 4.78. The van der Waals surface area contributed by atoms with Gasteiger partial charge in [0.25, 0.3) is 0 Å². The normalized spacial score (nSPS) is 12.5. The Hall–Kier alpha value is -1.92. The third kappa shape index (κ3) is 3.40. The molecule has 2 nitrogen and oxygen atoms in total. The molecule has 0 radical (unpaired) electrons. The van der Waals surface area contributed by atoms with Gasteiger partial charge < -0.3 is 0 Å². The fourth-order valence-corrected chi connectivity index (χ4v) is 2.21. The molecule has 0 aliphatic carbocycles. The lowest BCUT2D eigenvalue weighted by molar-refractivity contribution is 0.461. The molecule has 2 aromatic carbocycles. The number of benzene rings is 2. The summed E-state index contributed by atoms with van der Waals surface area (Å²) in [7, 11) is 0. The van der Waals surface area contributed by atoms with Crippen molar-refractivity contribution in [2.24, 2.45) is 5.84 Å². The van der Waals surface area contributed by atoms with Crippen LogP contribution >= 0.6 is 0 Å². The molecule has 112 valence electrons. The molecular formula is C15H14F4N2. The van der Waals surface area contributed by atoms with E-state index in [1.54, 1.807) is 13.0 Å². The van der Waals surface area contributed by atoms with Crippen LogP contribution in [-0.4, -0.2) is 0 Å². The third-order valence-corrected chi connectivity index (χ3v) is 3.33. The molecular weight excluding hydrogens is 284 g/mol. The van der Waals surface area contributed by atoms with Crippen molar-refractivity contribution in [3.05, 3.63) is 70.3 Å². The van der Waals surface area contributed by atoms with Gasteiger partial charge in [0.15, 0.2) is 0 Å². The molecule has 0 aliphatic rings. The summed E-state index contributed by atoms with van der Waals surface area (Å²) in [5.41, 5.74) is 3.24. The monoisotopic (exact) mass is 298 g/mol. The smallest absolute Gasteiger partial charge is 0.133 e. The fourth-order valence-electron chi connectivity index (χ4n) is 2.21. The minimum atomic E-state index is -1.04. The number of hydrazine groups is 1. The summed E-state index contributed by atoms with van der Waals surface area (Å²) in [6, 6.07) is 4.37. The van der Waals surface area contributed by atoms with Crippen molar-refractivity contribution < 1.29 is 17.6 Å². The predicted octanol–water partition coefficient (Wildman–Crippen LogP) is 3.30. The lowest BCUT2D eigenvalue weighted by atomic mass is 9.95. The van der Waals surface area contributed by atoms with Crippen LogP contribution in [0.4, 0.5) is 17.6 Å². The number of nitrogens with one attached hydrogen (secondary N) is 1. The summed E-state index contributed by atoms with van der Waals surface area (Å²) in [6.07, 6.45) is 0.0690. The first kappa shape index (κ1) is 15.5. The van der Waals surface area contributed by atoms with Crippen LogP contribution < -0.4 is 11.3 Å². The van der Waals surface area contributed by atoms with Gasteiger partial charge in [0.2, 0.25) is 0 Å². The van der Waals surface area contributed by atoms with Crippen molar-refractivity contribution in [3.8, 4) is 0 Å². The molecule has 0 aliphatic heterocycles. The predicted molar refractivity (Wildman–Crippen MR) is 71.2 cm³/mol. The summed E-state index contributed by atoms with van der Waals surface area (Å²) in [5, 5.41) is 0. The molecule has 2 rings (SSSR count). The average molecular weight is 298 g/mol. The molecule has 1 atom stereocenters. The van der Waals surface area contributed by atoms with Crippen LogP contribution in [0.25, 0.3) is 0 Å². The Labute approximate surface area is 119 Å². The van der Waals surface area contributed by atoms with Gasteiger partial charge in [-0.15, -0.1) is 0 Å². The minimum absolute atomic E-state index is 0.0690. The maximum atomic E-state index is 13.8. The molecule has 0 amide bonds. The minimum Gasteiger partial charge on any atom is -0.271 e. The van der Waals surface area contributed by atoms with E-state index in [0.29, 0.717) is 17.7 Å². The Morgan fingerprint density at radius 3 is 2.19 bits per heavy atom. The summed E-state index contributed by atoms with van der Waals surface area (Å²) >= 11 is 0. The average Bonchev–Trinajstić information content (AvgIpc) is 2.40. The lowest BCUT2D eigenvalue weighted by Crippen LogP contribution is -2.31. The van der Waals surface area contributed by atoms with E-state index in [4.69, 9.17) is 5.84 Å². The van der Waals surface area contributed by atoms with E-state index < -0.39 is 29.3 Å². The zero-order chi connectivity index (χ0) is 15.6. The van der Waals surface area contributed by atoms with E-state index in [9.17, 15) is 17.6 Å². The highest BCUT2D eigenvalue weighted by Crippen LogP contribution is 2.26. The van der Waals surface area contributed by atoms with E-state index in [-0.39, 0.29) is 12.0 Å². The zero-order valence-corrected chi connectivity index (χ0v) is 11.3. The molecule has 0 saturated carbocycles. The lowest BCUT2D eigenvalue weighted by Gasteiger charge is -2.19. The van der Waals surface area contributed by atoms with E-state index in [1.807, 2.05) is 0 Å². The molecule has 3 N–H and O–H groups in total. The van der Waals surface area contributed by atoms with Crippen LogP contribution in [0.1, 0.15) is 22.7 Å². The van der Waals surface area contributed by atoms with Crippen LogP contribution in [0.15, 0.2) is 30.3 Å². The highest BCUT2D eigenvalue weighted by Gasteiger charge is 2.21. The Morgan fingerprint density at radius 1 is 1.00 bits per heavy atom. The maximum absolute atomic E-state index is 13.8. The number of rotatable bonds is 4. The Morgan fingerprint density at radius 2 is 1.62 bits per heavy atom. The standard InChI is InChI=1S/C15H14F4N2/c1-8-2-3-10(16)4-9(8)5-14(21-20)15-12(18)6-11(17)7-13(15)19/h2-4,6-7,14,21H,5,20H2,1H3. The molecule has 2 aromatic rings. The zero-order valence-electron chi connectivity index (χ0n) is 11.3. The fraction of sp³-hybridized carbons (Fsp3) is 0.200. The summed E-state index contributed by atoms with van der Waals surface area (Å²) in [6.45, 7) is 1.75. The summed E-state index contributed by atoms with van der Waals surface area (Å²) in [5.74, 6) is 1.81. The van der Waals surface area contributed by atoms with Gasteiger partial charge >= 0.3 is 0 Å². The number of hydrogen-bond donors (Lipinski definition) is 2. The van der Waals surface area contributed by atoms with Crippen LogP contribution in [0.2, 0.25) is 0 Å². The Bertz CT molecular complexity index is 635. The number of nitrogens with two attached hydrogens (primary N) is 1. The third-order valence-electron chi connectivity index (χ3n) is 3.33. The highest BCUT2D eigenvalue weighted by atomic mass is 19.1. The van der Waals surface area contributed by atoms with Crippen molar-refractivity contribution in [1.29, 1.82) is 0 Å². The Kier molecular flexibility index (Phi) is 4.59. The first-order chi connectivity index (χ1) is 9.92. The molecule has 0 heterocycles. The quantitative estimate of drug-likeness (QED) is 0.516. The van der Waals surface area contributed by atoms with E-state index in [0.717, 1.165) is 5.56 Å². The van der Waals surface area contributed by atoms with Crippen LogP contribution in [0.3, 0.4) is 0 Å². The molecule has 0 bridgehead atoms. The van der Waals surface area contributed by atoms with Crippen molar-refractivity contribution in [1.82, 2.24) is 5.43 Å². The number of halogens is 4. The van der Waals surface area contributed by atoms with Crippen molar-refractivity contribution in [3.63, 3.8) is 0 Å². The van der Waals surface area contributed by atoms with Gasteiger partial charge in [-0.2, -0.15) is 0 Å². The largest absolute Gasteiger partial charge is 0.271 e. The molecule has 1 unspecified atom stereocenters. The van der Waals surface area contributed by atoms with Gasteiger partial charge in [0.05, 0.1) is 6.04 Å². The van der Waals surface area contributed by atoms with Crippen LogP contribution in [-0.2, 0) is 6.42 Å². The van der Waals surface area contributed by atoms with Gasteiger partial charge in [-0.1, -0.05) is 6.07 Å². The summed E-state index contributed by atoms with van der Waals surface area (Å²) in [4.78, 5) is 0.